The third-order valence-electron chi connectivity index (χ3n) is 3.29. The minimum absolute atomic E-state index is 0.249. The molecule has 0 heterocycles. The Morgan fingerprint density at radius 2 is 1.72 bits per heavy atom. The zero-order valence-corrected chi connectivity index (χ0v) is 10.6. The number of para-hydroxylation sites is 1. The summed E-state index contributed by atoms with van der Waals surface area (Å²) in [6, 6.07) is 15.9. The maximum absolute atomic E-state index is 9.81. The summed E-state index contributed by atoms with van der Waals surface area (Å²) in [5.74, 6) is 0.599. The Bertz CT molecular complexity index is 505. The summed E-state index contributed by atoms with van der Waals surface area (Å²) in [6.07, 6.45) is 0.770. The van der Waals surface area contributed by atoms with Crippen LogP contribution < -0.4 is 5.73 Å². The number of aromatic hydroxyl groups is 1. The summed E-state index contributed by atoms with van der Waals surface area (Å²) in [4.78, 5) is 0. The number of rotatable bonds is 4. The monoisotopic (exact) mass is 241 g/mol. The topological polar surface area (TPSA) is 46.2 Å². The molecule has 2 aromatic rings. The van der Waals surface area contributed by atoms with Crippen molar-refractivity contribution in [2.75, 3.05) is 6.54 Å². The first-order valence-electron chi connectivity index (χ1n) is 6.24. The van der Waals surface area contributed by atoms with Gasteiger partial charge in [0.1, 0.15) is 5.75 Å². The third kappa shape index (κ3) is 2.90. The van der Waals surface area contributed by atoms with Gasteiger partial charge in [0.05, 0.1) is 0 Å². The largest absolute Gasteiger partial charge is 0.508 e. The molecule has 2 rings (SSSR count). The van der Waals surface area contributed by atoms with Crippen molar-refractivity contribution in [1.29, 1.82) is 0 Å². The molecule has 1 atom stereocenters. The predicted molar refractivity (Wildman–Crippen MR) is 74.8 cm³/mol. The second-order valence-corrected chi connectivity index (χ2v) is 4.68. The summed E-state index contributed by atoms with van der Waals surface area (Å²) in [5.41, 5.74) is 9.29. The minimum atomic E-state index is 0.249. The lowest BCUT2D eigenvalue weighted by Gasteiger charge is -2.16. The molecule has 0 radical (unpaired) electrons. The van der Waals surface area contributed by atoms with Gasteiger partial charge in [0.2, 0.25) is 0 Å². The van der Waals surface area contributed by atoms with E-state index in [1.165, 1.54) is 11.1 Å². The molecular weight excluding hydrogens is 222 g/mol. The van der Waals surface area contributed by atoms with Gasteiger partial charge in [-0.1, -0.05) is 48.0 Å². The van der Waals surface area contributed by atoms with Crippen LogP contribution in [0.15, 0.2) is 48.5 Å². The SMILES string of the molecule is Cc1ccc(C(CN)Cc2ccccc2O)cc1. The average molecular weight is 241 g/mol. The van der Waals surface area contributed by atoms with E-state index in [9.17, 15) is 5.11 Å². The van der Waals surface area contributed by atoms with Crippen molar-refractivity contribution in [1.82, 2.24) is 0 Å². The number of nitrogens with two attached hydrogens (primary N) is 1. The van der Waals surface area contributed by atoms with E-state index in [1.54, 1.807) is 6.07 Å². The Kier molecular flexibility index (Phi) is 4.00. The summed E-state index contributed by atoms with van der Waals surface area (Å²) in [7, 11) is 0. The van der Waals surface area contributed by atoms with E-state index in [-0.39, 0.29) is 5.92 Å². The molecule has 1 unspecified atom stereocenters. The highest BCUT2D eigenvalue weighted by molar-refractivity contribution is 5.34. The third-order valence-corrected chi connectivity index (χ3v) is 3.29. The number of benzene rings is 2. The second kappa shape index (κ2) is 5.69. The quantitative estimate of drug-likeness (QED) is 0.864. The molecule has 0 bridgehead atoms. The first-order valence-corrected chi connectivity index (χ1v) is 6.24. The van der Waals surface area contributed by atoms with E-state index < -0.39 is 0 Å². The molecule has 0 amide bonds. The average Bonchev–Trinajstić information content (AvgIpc) is 2.39. The van der Waals surface area contributed by atoms with Crippen molar-refractivity contribution >= 4 is 0 Å². The molecule has 0 aliphatic carbocycles. The molecule has 2 aromatic carbocycles. The molecule has 0 spiro atoms. The van der Waals surface area contributed by atoms with Gasteiger partial charge in [-0.25, -0.2) is 0 Å². The normalized spacial score (nSPS) is 12.3. The minimum Gasteiger partial charge on any atom is -0.508 e. The molecule has 18 heavy (non-hydrogen) atoms. The van der Waals surface area contributed by atoms with Crippen LogP contribution in [0.25, 0.3) is 0 Å². The Balaban J connectivity index is 2.20. The second-order valence-electron chi connectivity index (χ2n) is 4.68. The summed E-state index contributed by atoms with van der Waals surface area (Å²) in [6.45, 7) is 2.65. The number of hydrogen-bond donors (Lipinski definition) is 2. The van der Waals surface area contributed by atoms with Gasteiger partial charge in [-0.3, -0.25) is 0 Å². The fraction of sp³-hybridized carbons (Fsp3) is 0.250. The van der Waals surface area contributed by atoms with Gasteiger partial charge >= 0.3 is 0 Å². The van der Waals surface area contributed by atoms with Crippen molar-refractivity contribution < 1.29 is 5.11 Å². The fourth-order valence-corrected chi connectivity index (χ4v) is 2.12. The molecule has 94 valence electrons. The molecule has 3 N–H and O–H groups in total. The van der Waals surface area contributed by atoms with Gasteiger partial charge in [-0.15, -0.1) is 0 Å². The van der Waals surface area contributed by atoms with Gasteiger partial charge in [-0.2, -0.15) is 0 Å². The van der Waals surface area contributed by atoms with Crippen molar-refractivity contribution in [3.63, 3.8) is 0 Å². The maximum atomic E-state index is 9.81. The van der Waals surface area contributed by atoms with Crippen LogP contribution in [-0.4, -0.2) is 11.7 Å². The first-order chi connectivity index (χ1) is 8.70. The van der Waals surface area contributed by atoms with Crippen LogP contribution in [0.3, 0.4) is 0 Å². The van der Waals surface area contributed by atoms with Gasteiger partial charge in [0, 0.05) is 5.92 Å². The number of aryl methyl sites for hydroxylation is 1. The molecule has 0 fully saturated rings. The highest BCUT2D eigenvalue weighted by Gasteiger charge is 2.12. The highest BCUT2D eigenvalue weighted by Crippen LogP contribution is 2.25. The van der Waals surface area contributed by atoms with E-state index in [0.717, 1.165) is 12.0 Å². The van der Waals surface area contributed by atoms with Crippen LogP contribution in [0.1, 0.15) is 22.6 Å². The standard InChI is InChI=1S/C16H19NO/c1-12-6-8-13(9-7-12)15(11-17)10-14-4-2-3-5-16(14)18/h2-9,15,18H,10-11,17H2,1H3. The Hall–Kier alpha value is -1.80. The number of phenols is 1. The molecular formula is C16H19NO. The molecule has 2 nitrogen and oxygen atoms in total. The van der Waals surface area contributed by atoms with Crippen molar-refractivity contribution in [3.05, 3.63) is 65.2 Å². The molecule has 0 saturated heterocycles. The molecule has 0 aromatic heterocycles. The summed E-state index contributed by atoms with van der Waals surface area (Å²) in [5, 5.41) is 9.81. The van der Waals surface area contributed by atoms with Gasteiger partial charge in [-0.05, 0) is 37.1 Å². The lowest BCUT2D eigenvalue weighted by molar-refractivity contribution is 0.465. The zero-order chi connectivity index (χ0) is 13.0. The molecule has 0 aliphatic heterocycles. The van der Waals surface area contributed by atoms with E-state index in [0.29, 0.717) is 12.3 Å². The Morgan fingerprint density at radius 3 is 2.33 bits per heavy atom. The zero-order valence-electron chi connectivity index (χ0n) is 10.6. The lowest BCUT2D eigenvalue weighted by atomic mass is 9.91. The lowest BCUT2D eigenvalue weighted by Crippen LogP contribution is -2.15. The van der Waals surface area contributed by atoms with Gasteiger partial charge < -0.3 is 10.8 Å². The molecule has 2 heteroatoms. The Labute approximate surface area is 108 Å². The van der Waals surface area contributed by atoms with Crippen LogP contribution in [0, 0.1) is 6.92 Å². The van der Waals surface area contributed by atoms with Gasteiger partial charge in [0.25, 0.3) is 0 Å². The van der Waals surface area contributed by atoms with Crippen molar-refractivity contribution in [2.24, 2.45) is 5.73 Å². The predicted octanol–water partition coefficient (Wildman–Crippen LogP) is 2.99. The van der Waals surface area contributed by atoms with Crippen LogP contribution in [0.2, 0.25) is 0 Å². The van der Waals surface area contributed by atoms with Crippen LogP contribution in [0.5, 0.6) is 5.75 Å². The van der Waals surface area contributed by atoms with Gasteiger partial charge in [0.15, 0.2) is 0 Å². The highest BCUT2D eigenvalue weighted by atomic mass is 16.3. The summed E-state index contributed by atoms with van der Waals surface area (Å²) >= 11 is 0. The van der Waals surface area contributed by atoms with E-state index in [1.807, 2.05) is 18.2 Å². The first kappa shape index (κ1) is 12.7. The van der Waals surface area contributed by atoms with E-state index in [2.05, 4.69) is 31.2 Å². The summed E-state index contributed by atoms with van der Waals surface area (Å²) < 4.78 is 0. The smallest absolute Gasteiger partial charge is 0.118 e. The maximum Gasteiger partial charge on any atom is 0.118 e. The van der Waals surface area contributed by atoms with Crippen molar-refractivity contribution in [3.8, 4) is 5.75 Å². The number of phenolic OH excluding ortho intramolecular Hbond substituents is 1. The van der Waals surface area contributed by atoms with E-state index in [4.69, 9.17) is 5.73 Å². The molecule has 0 saturated carbocycles. The van der Waals surface area contributed by atoms with Crippen LogP contribution in [-0.2, 0) is 6.42 Å². The fourth-order valence-electron chi connectivity index (χ4n) is 2.12. The van der Waals surface area contributed by atoms with Crippen molar-refractivity contribution in [2.45, 2.75) is 19.3 Å². The Morgan fingerprint density at radius 1 is 1.06 bits per heavy atom. The van der Waals surface area contributed by atoms with Crippen LogP contribution in [0.4, 0.5) is 0 Å². The van der Waals surface area contributed by atoms with E-state index >= 15 is 0 Å². The van der Waals surface area contributed by atoms with Crippen LogP contribution >= 0.6 is 0 Å². The molecule has 0 aliphatic rings. The number of hydrogen-bond acceptors (Lipinski definition) is 2.